The molecule has 19 heavy (non-hydrogen) atoms. The summed E-state index contributed by atoms with van der Waals surface area (Å²) in [7, 11) is 0. The van der Waals surface area contributed by atoms with Crippen molar-refractivity contribution in [1.29, 1.82) is 0 Å². The zero-order valence-electron chi connectivity index (χ0n) is 9.53. The van der Waals surface area contributed by atoms with Crippen molar-refractivity contribution in [2.24, 2.45) is 0 Å². The third-order valence-electron chi connectivity index (χ3n) is 2.38. The lowest BCUT2D eigenvalue weighted by atomic mass is 10.2. The van der Waals surface area contributed by atoms with Gasteiger partial charge in [0, 0.05) is 4.90 Å². The van der Waals surface area contributed by atoms with E-state index in [0.29, 0.717) is 15.1 Å². The number of thiol groups is 1. The van der Waals surface area contributed by atoms with Crippen LogP contribution >= 0.6 is 12.6 Å². The Balaban J connectivity index is 2.60. The summed E-state index contributed by atoms with van der Waals surface area (Å²) < 4.78 is 51.7. The number of hydrogen-bond acceptors (Lipinski definition) is 4. The summed E-state index contributed by atoms with van der Waals surface area (Å²) in [5, 5.41) is 3.16. The van der Waals surface area contributed by atoms with Gasteiger partial charge < -0.3 is 5.73 Å². The maximum absolute atomic E-state index is 13.7. The lowest BCUT2D eigenvalue weighted by molar-refractivity contribution is -0.144. The highest BCUT2D eigenvalue weighted by molar-refractivity contribution is 7.80. The molecule has 0 unspecified atom stereocenters. The number of alkyl halides is 3. The number of nitrogens with zero attached hydrogens (tertiary/aromatic N) is 3. The molecule has 0 radical (unpaired) electrons. The molecule has 0 saturated carbocycles. The van der Waals surface area contributed by atoms with Gasteiger partial charge in [-0.15, -0.1) is 17.7 Å². The van der Waals surface area contributed by atoms with Crippen LogP contribution in [0.15, 0.2) is 17.0 Å². The van der Waals surface area contributed by atoms with Crippen LogP contribution in [0.2, 0.25) is 0 Å². The topological polar surface area (TPSA) is 56.7 Å². The van der Waals surface area contributed by atoms with Gasteiger partial charge >= 0.3 is 6.18 Å². The van der Waals surface area contributed by atoms with E-state index in [-0.39, 0.29) is 5.69 Å². The van der Waals surface area contributed by atoms with Crippen LogP contribution in [-0.4, -0.2) is 14.8 Å². The molecule has 0 amide bonds. The molecule has 0 bridgehead atoms. The minimum atomic E-state index is -4.75. The van der Waals surface area contributed by atoms with Gasteiger partial charge in [0.2, 0.25) is 5.95 Å². The van der Waals surface area contributed by atoms with E-state index in [1.807, 2.05) is 0 Å². The number of nitrogen functional groups attached to an aromatic ring is 1. The van der Waals surface area contributed by atoms with Gasteiger partial charge in [-0.25, -0.2) is 4.39 Å². The van der Waals surface area contributed by atoms with Gasteiger partial charge in [-0.05, 0) is 24.6 Å². The fraction of sp³-hybridized carbons (Fsp3) is 0.200. The molecule has 9 heteroatoms. The quantitative estimate of drug-likeness (QED) is 0.627. The van der Waals surface area contributed by atoms with Gasteiger partial charge in [-0.3, -0.25) is 0 Å². The summed E-state index contributed by atoms with van der Waals surface area (Å²) in [5.41, 5.74) is 5.63. The first-order chi connectivity index (χ1) is 8.70. The predicted molar refractivity (Wildman–Crippen MR) is 62.7 cm³/mol. The Labute approximate surface area is 110 Å². The maximum Gasteiger partial charge on any atom is 0.453 e. The van der Waals surface area contributed by atoms with E-state index in [4.69, 9.17) is 5.73 Å². The van der Waals surface area contributed by atoms with E-state index in [9.17, 15) is 17.6 Å². The molecular formula is C10H8F4N4S. The van der Waals surface area contributed by atoms with E-state index >= 15 is 0 Å². The molecule has 2 rings (SSSR count). The fourth-order valence-corrected chi connectivity index (χ4v) is 1.62. The number of hydrogen-bond donors (Lipinski definition) is 2. The van der Waals surface area contributed by atoms with Crippen molar-refractivity contribution in [2.75, 3.05) is 5.73 Å². The van der Waals surface area contributed by atoms with Crippen LogP contribution in [0, 0.1) is 12.7 Å². The summed E-state index contributed by atoms with van der Waals surface area (Å²) in [6.45, 7) is 1.61. The first-order valence-corrected chi connectivity index (χ1v) is 5.44. The third-order valence-corrected chi connectivity index (χ3v) is 2.86. The standard InChI is InChI=1S/C10H8F4N4S/c1-4-2-5(11)6(3-7(4)19)18-9(15)16-8(17-18)10(12,13)14/h2-3,19H,1H3,(H2,15,16,17). The summed E-state index contributed by atoms with van der Waals surface area (Å²) in [4.78, 5) is 3.47. The molecule has 0 atom stereocenters. The van der Waals surface area contributed by atoms with E-state index in [0.717, 1.165) is 6.07 Å². The highest BCUT2D eigenvalue weighted by atomic mass is 32.1. The molecule has 0 aliphatic carbocycles. The lowest BCUT2D eigenvalue weighted by Gasteiger charge is -2.07. The molecule has 0 aliphatic rings. The highest BCUT2D eigenvalue weighted by Gasteiger charge is 2.37. The molecule has 0 aliphatic heterocycles. The minimum Gasteiger partial charge on any atom is -0.368 e. The van der Waals surface area contributed by atoms with Crippen LogP contribution in [0.4, 0.5) is 23.5 Å². The van der Waals surface area contributed by atoms with E-state index < -0.39 is 23.8 Å². The number of aryl methyl sites for hydroxylation is 1. The van der Waals surface area contributed by atoms with Gasteiger partial charge in [0.15, 0.2) is 0 Å². The molecular weight excluding hydrogens is 284 g/mol. The number of halogens is 4. The van der Waals surface area contributed by atoms with Crippen LogP contribution in [0.5, 0.6) is 0 Å². The molecule has 4 nitrogen and oxygen atoms in total. The molecule has 0 fully saturated rings. The monoisotopic (exact) mass is 292 g/mol. The third kappa shape index (κ3) is 2.50. The van der Waals surface area contributed by atoms with Gasteiger partial charge in [-0.1, -0.05) is 0 Å². The molecule has 0 saturated heterocycles. The van der Waals surface area contributed by atoms with Gasteiger partial charge in [0.05, 0.1) is 0 Å². The summed E-state index contributed by atoms with van der Waals surface area (Å²) >= 11 is 4.07. The van der Waals surface area contributed by atoms with Crippen molar-refractivity contribution in [3.63, 3.8) is 0 Å². The molecule has 2 aromatic rings. The zero-order chi connectivity index (χ0) is 14.4. The molecule has 1 heterocycles. The van der Waals surface area contributed by atoms with Crippen molar-refractivity contribution in [2.45, 2.75) is 18.0 Å². The van der Waals surface area contributed by atoms with Gasteiger partial charge in [0.25, 0.3) is 5.82 Å². The maximum atomic E-state index is 13.7. The van der Waals surface area contributed by atoms with Crippen molar-refractivity contribution in [3.8, 4) is 5.69 Å². The van der Waals surface area contributed by atoms with E-state index in [2.05, 4.69) is 22.7 Å². The Hall–Kier alpha value is -1.77. The SMILES string of the molecule is Cc1cc(F)c(-n2nc(C(F)(F)F)nc2N)cc1S. The summed E-state index contributed by atoms with van der Waals surface area (Å²) in [6.07, 6.45) is -4.75. The Morgan fingerprint density at radius 3 is 2.47 bits per heavy atom. The highest BCUT2D eigenvalue weighted by Crippen LogP contribution is 2.29. The number of anilines is 1. The predicted octanol–water partition coefficient (Wildman–Crippen LogP) is 2.60. The number of nitrogens with two attached hydrogens (primary N) is 1. The van der Waals surface area contributed by atoms with Gasteiger partial charge in [-0.2, -0.15) is 22.8 Å². The van der Waals surface area contributed by atoms with Crippen LogP contribution in [0.1, 0.15) is 11.4 Å². The van der Waals surface area contributed by atoms with Crippen molar-refractivity contribution in [1.82, 2.24) is 14.8 Å². The first-order valence-electron chi connectivity index (χ1n) is 4.99. The minimum absolute atomic E-state index is 0.240. The second-order valence-electron chi connectivity index (χ2n) is 3.79. The molecule has 2 N–H and O–H groups in total. The zero-order valence-corrected chi connectivity index (χ0v) is 10.4. The van der Waals surface area contributed by atoms with Crippen molar-refractivity contribution < 1.29 is 17.6 Å². The van der Waals surface area contributed by atoms with Crippen LogP contribution < -0.4 is 5.73 Å². The largest absolute Gasteiger partial charge is 0.453 e. The van der Waals surface area contributed by atoms with Gasteiger partial charge in [0.1, 0.15) is 11.5 Å². The molecule has 1 aromatic heterocycles. The number of aromatic nitrogens is 3. The fourth-order valence-electron chi connectivity index (χ4n) is 1.43. The Morgan fingerprint density at radius 2 is 1.95 bits per heavy atom. The van der Waals surface area contributed by atoms with Crippen LogP contribution in [0.25, 0.3) is 5.69 Å². The van der Waals surface area contributed by atoms with E-state index in [1.165, 1.54) is 6.07 Å². The molecule has 102 valence electrons. The Kier molecular flexibility index (Phi) is 3.17. The number of benzene rings is 1. The normalized spacial score (nSPS) is 11.9. The second kappa shape index (κ2) is 4.41. The first kappa shape index (κ1) is 13.7. The average molecular weight is 292 g/mol. The van der Waals surface area contributed by atoms with Crippen LogP contribution in [0.3, 0.4) is 0 Å². The average Bonchev–Trinajstić information content (AvgIpc) is 2.65. The Bertz CT molecular complexity index is 635. The smallest absolute Gasteiger partial charge is 0.368 e. The lowest BCUT2D eigenvalue weighted by Crippen LogP contribution is -2.09. The number of rotatable bonds is 1. The molecule has 1 aromatic carbocycles. The van der Waals surface area contributed by atoms with Crippen LogP contribution in [-0.2, 0) is 6.18 Å². The van der Waals surface area contributed by atoms with Crippen molar-refractivity contribution in [3.05, 3.63) is 29.3 Å². The molecule has 0 spiro atoms. The second-order valence-corrected chi connectivity index (χ2v) is 4.28. The van der Waals surface area contributed by atoms with E-state index in [1.54, 1.807) is 6.92 Å². The summed E-state index contributed by atoms with van der Waals surface area (Å²) in [5.74, 6) is -2.74. The Morgan fingerprint density at radius 1 is 1.32 bits per heavy atom. The van der Waals surface area contributed by atoms with Crippen molar-refractivity contribution >= 4 is 18.6 Å². The summed E-state index contributed by atoms with van der Waals surface area (Å²) in [6, 6.07) is 2.37.